The Labute approximate surface area is 211 Å². The van der Waals surface area contributed by atoms with Crippen LogP contribution in [0.1, 0.15) is 71.2 Å². The van der Waals surface area contributed by atoms with Crippen LogP contribution < -0.4 is 5.32 Å². The first-order valence-corrected chi connectivity index (χ1v) is 12.3. The van der Waals surface area contributed by atoms with E-state index in [9.17, 15) is 18.0 Å². The molecule has 2 aromatic carbocycles. The molecule has 4 nitrogen and oxygen atoms in total. The molecule has 0 radical (unpaired) electrons. The van der Waals surface area contributed by atoms with Crippen LogP contribution in [0.4, 0.5) is 13.2 Å². The molecule has 1 aliphatic heterocycles. The number of halogens is 4. The lowest BCUT2D eigenvalue weighted by Crippen LogP contribution is -2.27. The molecule has 0 saturated heterocycles. The smallest absolute Gasteiger partial charge is 0.345 e. The number of benzene rings is 2. The first-order valence-electron chi connectivity index (χ1n) is 11.5. The van der Waals surface area contributed by atoms with Crippen LogP contribution in [-0.4, -0.2) is 15.8 Å². The van der Waals surface area contributed by atoms with Crippen molar-refractivity contribution in [1.29, 1.82) is 0 Å². The molecule has 0 saturated carbocycles. The lowest BCUT2D eigenvalue weighted by Gasteiger charge is -2.27. The minimum atomic E-state index is -4.35. The molecule has 2 heterocycles. The minimum Gasteiger partial charge on any atom is -0.345 e. The molecule has 35 heavy (non-hydrogen) atoms. The fraction of sp³-hybridized carbons (Fsp3) is 0.333. The second-order valence-corrected chi connectivity index (χ2v) is 10.2. The Morgan fingerprint density at radius 1 is 1.11 bits per heavy atom. The van der Waals surface area contributed by atoms with Crippen molar-refractivity contribution < 1.29 is 18.0 Å². The number of aromatic nitrogens is 1. The summed E-state index contributed by atoms with van der Waals surface area (Å²) in [4.78, 5) is 19.8. The average molecular weight is 546 g/mol. The maximum absolute atomic E-state index is 12.9. The highest BCUT2D eigenvalue weighted by Crippen LogP contribution is 2.39. The highest BCUT2D eigenvalue weighted by atomic mass is 79.9. The van der Waals surface area contributed by atoms with Crippen LogP contribution in [0.5, 0.6) is 0 Å². The largest absolute Gasteiger partial charge is 0.416 e. The summed E-state index contributed by atoms with van der Waals surface area (Å²) in [5, 5.41) is 3.03. The minimum absolute atomic E-state index is 0.0195. The van der Waals surface area contributed by atoms with E-state index in [1.807, 2.05) is 37.3 Å². The number of rotatable bonds is 6. The van der Waals surface area contributed by atoms with Crippen molar-refractivity contribution in [1.82, 2.24) is 15.2 Å². The van der Waals surface area contributed by atoms with Gasteiger partial charge in [-0.25, -0.2) is 0 Å². The number of fused-ring (bicyclic) bond motifs is 1. The second-order valence-electron chi connectivity index (χ2n) is 9.30. The van der Waals surface area contributed by atoms with E-state index >= 15 is 0 Å². The quantitative estimate of drug-likeness (QED) is 0.360. The number of carbonyl (C=O) groups is 1. The van der Waals surface area contributed by atoms with Crippen molar-refractivity contribution >= 4 is 21.8 Å². The highest BCUT2D eigenvalue weighted by Gasteiger charge is 2.35. The van der Waals surface area contributed by atoms with E-state index in [0.717, 1.165) is 39.0 Å². The normalized spacial score (nSPS) is 16.9. The van der Waals surface area contributed by atoms with Gasteiger partial charge in [-0.1, -0.05) is 54.0 Å². The molecule has 0 unspecified atom stereocenters. The zero-order valence-corrected chi connectivity index (χ0v) is 21.3. The van der Waals surface area contributed by atoms with Crippen LogP contribution >= 0.6 is 15.9 Å². The van der Waals surface area contributed by atoms with Crippen molar-refractivity contribution in [3.05, 3.63) is 98.8 Å². The van der Waals surface area contributed by atoms with Gasteiger partial charge in [-0.3, -0.25) is 14.7 Å². The number of hydrogen-bond acceptors (Lipinski definition) is 3. The Hall–Kier alpha value is -2.71. The number of amides is 1. The molecule has 1 amide bonds. The summed E-state index contributed by atoms with van der Waals surface area (Å²) in [6.07, 6.45) is -2.74. The summed E-state index contributed by atoms with van der Waals surface area (Å²) in [6.45, 7) is 7.21. The van der Waals surface area contributed by atoms with E-state index in [1.165, 1.54) is 12.1 Å². The molecule has 8 heteroatoms. The third-order valence-corrected chi connectivity index (χ3v) is 6.86. The molecule has 3 aromatic rings. The fourth-order valence-corrected chi connectivity index (χ4v) is 4.83. The number of carbonyl (C=O) groups excluding carboxylic acids is 1. The molecule has 4 rings (SSSR count). The predicted molar refractivity (Wildman–Crippen MR) is 133 cm³/mol. The van der Waals surface area contributed by atoms with E-state index in [2.05, 4.69) is 45.0 Å². The van der Waals surface area contributed by atoms with Gasteiger partial charge in [0.2, 0.25) is 0 Å². The van der Waals surface area contributed by atoms with E-state index < -0.39 is 11.7 Å². The molecule has 1 N–H and O–H groups in total. The molecular formula is C27H27BrF3N3O. The topological polar surface area (TPSA) is 45.2 Å². The van der Waals surface area contributed by atoms with Gasteiger partial charge in [-0.15, -0.1) is 0 Å². The summed E-state index contributed by atoms with van der Waals surface area (Å²) in [5.41, 5.74) is 3.53. The van der Waals surface area contributed by atoms with E-state index in [1.54, 1.807) is 6.20 Å². The van der Waals surface area contributed by atoms with Crippen molar-refractivity contribution in [2.75, 3.05) is 0 Å². The van der Waals surface area contributed by atoms with E-state index in [0.29, 0.717) is 18.7 Å². The molecule has 0 aliphatic carbocycles. The Morgan fingerprint density at radius 3 is 2.37 bits per heavy atom. The summed E-state index contributed by atoms with van der Waals surface area (Å²) in [5.74, 6) is 0.0494. The van der Waals surface area contributed by atoms with E-state index in [-0.39, 0.29) is 23.9 Å². The lowest BCUT2D eigenvalue weighted by molar-refractivity contribution is -0.137. The summed E-state index contributed by atoms with van der Waals surface area (Å²) >= 11 is 3.42. The van der Waals surface area contributed by atoms with Gasteiger partial charge in [-0.05, 0) is 59.9 Å². The SMILES string of the molecule is CC(C)[C@H]1c2ncc(C(=O)N[C@H](C)c3ccc(Br)cc3)cc2CN1Cc1ccc(C(F)(F)F)cc1. The molecule has 0 spiro atoms. The van der Waals surface area contributed by atoms with Crippen molar-refractivity contribution in [3.8, 4) is 0 Å². The van der Waals surface area contributed by atoms with Gasteiger partial charge in [0, 0.05) is 23.8 Å². The maximum atomic E-state index is 12.9. The van der Waals surface area contributed by atoms with Gasteiger partial charge in [0.05, 0.1) is 28.9 Å². The van der Waals surface area contributed by atoms with Crippen molar-refractivity contribution in [2.24, 2.45) is 5.92 Å². The molecular weight excluding hydrogens is 519 g/mol. The zero-order valence-electron chi connectivity index (χ0n) is 19.7. The van der Waals surface area contributed by atoms with Gasteiger partial charge in [0.1, 0.15) is 0 Å². The Bertz CT molecular complexity index is 1190. The molecule has 1 aromatic heterocycles. The first kappa shape index (κ1) is 25.4. The summed E-state index contributed by atoms with van der Waals surface area (Å²) in [6, 6.07) is 14.8. The van der Waals surface area contributed by atoms with Gasteiger partial charge >= 0.3 is 6.18 Å². The zero-order chi connectivity index (χ0) is 25.3. The van der Waals surface area contributed by atoms with Crippen LogP contribution in [0.15, 0.2) is 65.3 Å². The number of hydrogen-bond donors (Lipinski definition) is 1. The fourth-order valence-electron chi connectivity index (χ4n) is 4.57. The standard InChI is InChI=1S/C27H27BrF3N3O/c1-16(2)25-24-21(15-34(25)14-18-4-8-22(9-5-18)27(29,30)31)12-20(13-32-24)26(35)33-17(3)19-6-10-23(28)11-7-19/h4-13,16-17,25H,14-15H2,1-3H3,(H,33,35)/t17-,25+/m1/s1. The van der Waals surface area contributed by atoms with Gasteiger partial charge in [0.25, 0.3) is 5.91 Å². The lowest BCUT2D eigenvalue weighted by atomic mass is 9.99. The molecule has 0 bridgehead atoms. The monoisotopic (exact) mass is 545 g/mol. The van der Waals surface area contributed by atoms with Gasteiger partial charge in [0.15, 0.2) is 0 Å². The number of pyridine rings is 1. The third-order valence-electron chi connectivity index (χ3n) is 6.33. The summed E-state index contributed by atoms with van der Waals surface area (Å²) in [7, 11) is 0. The average Bonchev–Trinajstić information content (AvgIpc) is 3.16. The van der Waals surface area contributed by atoms with E-state index in [4.69, 9.17) is 0 Å². The van der Waals surface area contributed by atoms with Crippen molar-refractivity contribution in [2.45, 2.75) is 52.1 Å². The Balaban J connectivity index is 1.49. The maximum Gasteiger partial charge on any atom is 0.416 e. The highest BCUT2D eigenvalue weighted by molar-refractivity contribution is 9.10. The first-order chi connectivity index (χ1) is 16.5. The third kappa shape index (κ3) is 5.76. The van der Waals surface area contributed by atoms with Gasteiger partial charge in [-0.2, -0.15) is 13.2 Å². The molecule has 0 fully saturated rings. The van der Waals surface area contributed by atoms with Crippen LogP contribution in [-0.2, 0) is 19.3 Å². The number of nitrogens with one attached hydrogen (secondary N) is 1. The van der Waals surface area contributed by atoms with Crippen LogP contribution in [0, 0.1) is 5.92 Å². The molecule has 1 aliphatic rings. The number of nitrogens with zero attached hydrogens (tertiary/aromatic N) is 2. The molecule has 184 valence electrons. The van der Waals surface area contributed by atoms with Crippen molar-refractivity contribution in [3.63, 3.8) is 0 Å². The number of alkyl halides is 3. The Morgan fingerprint density at radius 2 is 1.77 bits per heavy atom. The van der Waals surface area contributed by atoms with Crippen LogP contribution in [0.2, 0.25) is 0 Å². The summed E-state index contributed by atoms with van der Waals surface area (Å²) < 4.78 is 39.7. The van der Waals surface area contributed by atoms with Crippen LogP contribution in [0.25, 0.3) is 0 Å². The molecule has 2 atom stereocenters. The Kier molecular flexibility index (Phi) is 7.33. The predicted octanol–water partition coefficient (Wildman–Crippen LogP) is 7.07. The second kappa shape index (κ2) is 10.1. The van der Waals surface area contributed by atoms with Gasteiger partial charge < -0.3 is 5.32 Å². The van der Waals surface area contributed by atoms with Crippen LogP contribution in [0.3, 0.4) is 0 Å².